The van der Waals surface area contributed by atoms with E-state index in [0.29, 0.717) is 18.7 Å². The molecule has 6 heteroatoms. The molecule has 0 spiro atoms. The zero-order valence-corrected chi connectivity index (χ0v) is 12.3. The van der Waals surface area contributed by atoms with E-state index < -0.39 is 11.9 Å². The Morgan fingerprint density at radius 3 is 2.86 bits per heavy atom. The van der Waals surface area contributed by atoms with Gasteiger partial charge in [0, 0.05) is 12.6 Å². The Hall–Kier alpha value is -1.66. The predicted molar refractivity (Wildman–Crippen MR) is 77.7 cm³/mol. The number of ether oxygens (including phenoxy) is 2. The summed E-state index contributed by atoms with van der Waals surface area (Å²) in [4.78, 5) is 12.0. The minimum atomic E-state index is -0.565. The zero-order chi connectivity index (χ0) is 15.4. The van der Waals surface area contributed by atoms with Crippen molar-refractivity contribution in [1.82, 2.24) is 0 Å². The molecule has 1 aromatic rings. The lowest BCUT2D eigenvalue weighted by Gasteiger charge is -2.14. The van der Waals surface area contributed by atoms with Gasteiger partial charge in [0.05, 0.1) is 17.9 Å². The van der Waals surface area contributed by atoms with Gasteiger partial charge in [-0.3, -0.25) is 4.79 Å². The summed E-state index contributed by atoms with van der Waals surface area (Å²) in [5.74, 6) is -0.446. The molecular weight excluding hydrogens is 275 g/mol. The molecule has 3 N–H and O–H groups in total. The normalized spacial score (nSPS) is 21.6. The quantitative estimate of drug-likeness (QED) is 0.872. The number of hydrogen-bond donors (Lipinski definition) is 2. The largest absolute Gasteiger partial charge is 0.491 e. The Balaban J connectivity index is 1.98. The third-order valence-corrected chi connectivity index (χ3v) is 3.23. The van der Waals surface area contributed by atoms with Gasteiger partial charge in [-0.1, -0.05) is 0 Å². The van der Waals surface area contributed by atoms with Gasteiger partial charge in [0.25, 0.3) is 5.91 Å². The van der Waals surface area contributed by atoms with Crippen LogP contribution >= 0.6 is 0 Å². The van der Waals surface area contributed by atoms with Crippen molar-refractivity contribution in [2.75, 3.05) is 11.9 Å². The summed E-state index contributed by atoms with van der Waals surface area (Å²) in [6.07, 6.45) is 0.657. The molecule has 0 saturated carbocycles. The number of anilines is 1. The third kappa shape index (κ3) is 4.15. The number of nitrogens with two attached hydrogens (primary N) is 1. The van der Waals surface area contributed by atoms with Crippen molar-refractivity contribution >= 4 is 11.6 Å². The van der Waals surface area contributed by atoms with E-state index >= 15 is 0 Å². The topological polar surface area (TPSA) is 73.6 Å². The summed E-state index contributed by atoms with van der Waals surface area (Å²) >= 11 is 0. The van der Waals surface area contributed by atoms with Crippen LogP contribution in [-0.4, -0.2) is 30.8 Å². The number of nitrogens with one attached hydrogen (secondary N) is 1. The van der Waals surface area contributed by atoms with Gasteiger partial charge in [0.1, 0.15) is 17.7 Å². The second-order valence-electron chi connectivity index (χ2n) is 5.36. The van der Waals surface area contributed by atoms with Crippen LogP contribution in [0.15, 0.2) is 18.2 Å². The van der Waals surface area contributed by atoms with E-state index in [0.717, 1.165) is 6.42 Å². The number of amides is 1. The zero-order valence-electron chi connectivity index (χ0n) is 12.3. The van der Waals surface area contributed by atoms with Gasteiger partial charge < -0.3 is 20.5 Å². The van der Waals surface area contributed by atoms with Crippen molar-refractivity contribution < 1.29 is 18.7 Å². The smallest absolute Gasteiger partial charge is 0.253 e. The maximum absolute atomic E-state index is 13.9. The van der Waals surface area contributed by atoms with Gasteiger partial charge in [0.2, 0.25) is 0 Å². The number of hydrogen-bond acceptors (Lipinski definition) is 4. The van der Waals surface area contributed by atoms with Crippen molar-refractivity contribution in [3.63, 3.8) is 0 Å². The monoisotopic (exact) mass is 296 g/mol. The van der Waals surface area contributed by atoms with Crippen molar-refractivity contribution in [3.8, 4) is 5.75 Å². The maximum atomic E-state index is 13.9. The van der Waals surface area contributed by atoms with E-state index in [2.05, 4.69) is 5.32 Å². The van der Waals surface area contributed by atoms with Crippen LogP contribution in [0.5, 0.6) is 5.75 Å². The van der Waals surface area contributed by atoms with E-state index in [-0.39, 0.29) is 23.8 Å². The van der Waals surface area contributed by atoms with Crippen molar-refractivity contribution in [1.29, 1.82) is 0 Å². The van der Waals surface area contributed by atoms with E-state index in [1.807, 2.05) is 13.8 Å². The Kier molecular flexibility index (Phi) is 5.14. The van der Waals surface area contributed by atoms with Crippen LogP contribution < -0.4 is 15.8 Å². The molecule has 1 amide bonds. The molecule has 2 rings (SSSR count). The molecule has 21 heavy (non-hydrogen) atoms. The molecule has 2 atom stereocenters. The molecule has 0 radical (unpaired) electrons. The van der Waals surface area contributed by atoms with E-state index in [9.17, 15) is 9.18 Å². The first-order valence-electron chi connectivity index (χ1n) is 7.12. The predicted octanol–water partition coefficient (Wildman–Crippen LogP) is 2.06. The fourth-order valence-electron chi connectivity index (χ4n) is 2.23. The molecular formula is C15H21FN2O3. The van der Waals surface area contributed by atoms with Crippen LogP contribution in [-0.2, 0) is 9.53 Å². The molecule has 1 aliphatic rings. The minimum Gasteiger partial charge on any atom is -0.491 e. The molecule has 5 nitrogen and oxygen atoms in total. The Labute approximate surface area is 123 Å². The fourth-order valence-corrected chi connectivity index (χ4v) is 2.23. The van der Waals surface area contributed by atoms with Gasteiger partial charge in [-0.2, -0.15) is 0 Å². The van der Waals surface area contributed by atoms with Crippen LogP contribution in [0.4, 0.5) is 10.1 Å². The summed E-state index contributed by atoms with van der Waals surface area (Å²) in [6, 6.07) is 4.37. The minimum absolute atomic E-state index is 0.0371. The van der Waals surface area contributed by atoms with E-state index in [1.54, 1.807) is 6.07 Å². The average Bonchev–Trinajstić information content (AvgIpc) is 2.90. The van der Waals surface area contributed by atoms with Gasteiger partial charge in [-0.05, 0) is 38.8 Å². The highest BCUT2D eigenvalue weighted by Crippen LogP contribution is 2.24. The molecule has 0 bridgehead atoms. The van der Waals surface area contributed by atoms with E-state index in [1.165, 1.54) is 12.1 Å². The van der Waals surface area contributed by atoms with E-state index in [4.69, 9.17) is 15.2 Å². The maximum Gasteiger partial charge on any atom is 0.253 e. The first kappa shape index (κ1) is 15.7. The lowest BCUT2D eigenvalue weighted by atomic mass is 10.2. The van der Waals surface area contributed by atoms with Crippen molar-refractivity contribution in [2.24, 2.45) is 5.73 Å². The van der Waals surface area contributed by atoms with Crippen LogP contribution in [0.25, 0.3) is 0 Å². The van der Waals surface area contributed by atoms with Crippen LogP contribution in [0.1, 0.15) is 26.7 Å². The van der Waals surface area contributed by atoms with Gasteiger partial charge in [-0.15, -0.1) is 0 Å². The Morgan fingerprint density at radius 1 is 1.52 bits per heavy atom. The number of halogens is 1. The Bertz CT molecular complexity index is 508. The summed E-state index contributed by atoms with van der Waals surface area (Å²) in [6.45, 7) is 4.11. The molecule has 1 saturated heterocycles. The molecule has 116 valence electrons. The fraction of sp³-hybridized carbons (Fsp3) is 0.533. The number of carbonyl (C=O) groups excluding carboxylic acids is 1. The highest BCUT2D eigenvalue weighted by molar-refractivity contribution is 5.94. The Morgan fingerprint density at radius 2 is 2.29 bits per heavy atom. The molecule has 1 fully saturated rings. The third-order valence-electron chi connectivity index (χ3n) is 3.23. The summed E-state index contributed by atoms with van der Waals surface area (Å²) in [5.41, 5.74) is 5.62. The lowest BCUT2D eigenvalue weighted by Crippen LogP contribution is -2.30. The first-order chi connectivity index (χ1) is 9.99. The number of benzene rings is 1. The van der Waals surface area contributed by atoms with Crippen LogP contribution in [0.2, 0.25) is 0 Å². The summed E-state index contributed by atoms with van der Waals surface area (Å²) < 4.78 is 24.8. The van der Waals surface area contributed by atoms with Gasteiger partial charge >= 0.3 is 0 Å². The van der Waals surface area contributed by atoms with Crippen LogP contribution in [0, 0.1) is 5.82 Å². The van der Waals surface area contributed by atoms with Crippen molar-refractivity contribution in [3.05, 3.63) is 24.0 Å². The first-order valence-corrected chi connectivity index (χ1v) is 7.12. The summed E-state index contributed by atoms with van der Waals surface area (Å²) in [5, 5.41) is 2.54. The van der Waals surface area contributed by atoms with Gasteiger partial charge in [0.15, 0.2) is 0 Å². The molecule has 0 aromatic heterocycles. The van der Waals surface area contributed by atoms with Crippen LogP contribution in [0.3, 0.4) is 0 Å². The van der Waals surface area contributed by atoms with Gasteiger partial charge in [-0.25, -0.2) is 4.39 Å². The molecule has 1 aliphatic heterocycles. The lowest BCUT2D eigenvalue weighted by molar-refractivity contribution is -0.126. The number of carbonyl (C=O) groups is 1. The van der Waals surface area contributed by atoms with Crippen molar-refractivity contribution in [2.45, 2.75) is 45.0 Å². The second-order valence-corrected chi connectivity index (χ2v) is 5.36. The standard InChI is InChI=1S/C15H21FN2O3/c1-9(2)20-10-3-5-13(12(16)7-10)18-15(19)14-6-4-11(8-17)21-14/h3,5,7,9,11,14H,4,6,8,17H2,1-2H3,(H,18,19)/t11-,14+/m1/s1. The average molecular weight is 296 g/mol. The second kappa shape index (κ2) is 6.87. The highest BCUT2D eigenvalue weighted by Gasteiger charge is 2.30. The highest BCUT2D eigenvalue weighted by atomic mass is 19.1. The molecule has 1 aromatic carbocycles. The molecule has 1 heterocycles. The SMILES string of the molecule is CC(C)Oc1ccc(NC(=O)[C@@H]2CC[C@H](CN)O2)c(F)c1. The molecule has 0 unspecified atom stereocenters. The molecule has 0 aliphatic carbocycles. The summed E-state index contributed by atoms with van der Waals surface area (Å²) in [7, 11) is 0. The number of rotatable bonds is 5.